The minimum Gasteiger partial charge on any atom is -0.475 e. The molecule has 1 N–H and O–H groups in total. The molecule has 22 heavy (non-hydrogen) atoms. The van der Waals surface area contributed by atoms with Crippen molar-refractivity contribution in [1.82, 2.24) is 14.8 Å². The van der Waals surface area contributed by atoms with Crippen LogP contribution in [0.4, 0.5) is 13.2 Å². The van der Waals surface area contributed by atoms with E-state index < -0.39 is 12.1 Å². The highest BCUT2D eigenvalue weighted by atomic mass is 35.5. The van der Waals surface area contributed by atoms with Crippen molar-refractivity contribution in [3.63, 3.8) is 0 Å². The summed E-state index contributed by atoms with van der Waals surface area (Å²) in [4.78, 5) is 13.0. The van der Waals surface area contributed by atoms with Gasteiger partial charge < -0.3 is 9.84 Å². The van der Waals surface area contributed by atoms with E-state index in [1.54, 1.807) is 13.2 Å². The Hall–Kier alpha value is -1.87. The fourth-order valence-corrected chi connectivity index (χ4v) is 1.56. The van der Waals surface area contributed by atoms with Gasteiger partial charge in [-0.1, -0.05) is 11.6 Å². The Morgan fingerprint density at radius 2 is 2.09 bits per heavy atom. The number of pyridine rings is 1. The van der Waals surface area contributed by atoms with Crippen LogP contribution in [0.25, 0.3) is 11.0 Å². The van der Waals surface area contributed by atoms with Crippen molar-refractivity contribution < 1.29 is 27.8 Å². The van der Waals surface area contributed by atoms with Gasteiger partial charge >= 0.3 is 12.1 Å². The van der Waals surface area contributed by atoms with Gasteiger partial charge in [0.05, 0.1) is 0 Å². The second kappa shape index (κ2) is 7.95. The number of nitrogens with zero attached hydrogens (tertiary/aromatic N) is 3. The lowest BCUT2D eigenvalue weighted by Gasteiger charge is -1.98. The van der Waals surface area contributed by atoms with Crippen LogP contribution in [-0.4, -0.2) is 45.7 Å². The monoisotopic (exact) mass is 339 g/mol. The summed E-state index contributed by atoms with van der Waals surface area (Å²) in [6.07, 6.45) is -2.17. The van der Waals surface area contributed by atoms with Crippen molar-refractivity contribution in [2.75, 3.05) is 13.7 Å². The van der Waals surface area contributed by atoms with Crippen molar-refractivity contribution >= 4 is 28.6 Å². The Bertz CT molecular complexity index is 631. The summed E-state index contributed by atoms with van der Waals surface area (Å²) in [6, 6.07) is 3.69. The molecule has 0 aliphatic heterocycles. The van der Waals surface area contributed by atoms with Crippen LogP contribution in [-0.2, 0) is 16.1 Å². The molecule has 2 aromatic rings. The van der Waals surface area contributed by atoms with Gasteiger partial charge in [-0.25, -0.2) is 9.78 Å². The van der Waals surface area contributed by atoms with Gasteiger partial charge in [-0.3, -0.25) is 4.68 Å². The van der Waals surface area contributed by atoms with Crippen LogP contribution in [0.15, 0.2) is 18.3 Å². The minimum absolute atomic E-state index is 0.477. The first-order valence-corrected chi connectivity index (χ1v) is 6.40. The van der Waals surface area contributed by atoms with E-state index in [-0.39, 0.29) is 0 Å². The van der Waals surface area contributed by atoms with E-state index in [1.165, 1.54) is 0 Å². The zero-order chi connectivity index (χ0) is 16.8. The molecule has 2 aromatic heterocycles. The van der Waals surface area contributed by atoms with Crippen LogP contribution in [0, 0.1) is 0 Å². The quantitative estimate of drug-likeness (QED) is 0.684. The number of halogens is 4. The number of methoxy groups -OCH3 is 1. The molecule has 0 amide bonds. The molecule has 6 nitrogen and oxygen atoms in total. The van der Waals surface area contributed by atoms with Crippen molar-refractivity contribution in [2.24, 2.45) is 0 Å². The molecule has 0 fully saturated rings. The topological polar surface area (TPSA) is 77.2 Å². The van der Waals surface area contributed by atoms with E-state index in [9.17, 15) is 13.2 Å². The number of carbonyl (C=O) groups is 1. The number of ether oxygens (including phenoxy) is 1. The van der Waals surface area contributed by atoms with Crippen molar-refractivity contribution in [3.8, 4) is 0 Å². The molecule has 0 bridgehead atoms. The largest absolute Gasteiger partial charge is 0.490 e. The van der Waals surface area contributed by atoms with Gasteiger partial charge in [-0.15, -0.1) is 0 Å². The van der Waals surface area contributed by atoms with Crippen molar-refractivity contribution in [2.45, 2.75) is 19.1 Å². The molecule has 0 unspecified atom stereocenters. The van der Waals surface area contributed by atoms with E-state index in [0.717, 1.165) is 25.0 Å². The van der Waals surface area contributed by atoms with E-state index in [0.29, 0.717) is 10.8 Å². The third-order valence-corrected chi connectivity index (χ3v) is 2.57. The zero-order valence-corrected chi connectivity index (χ0v) is 12.2. The van der Waals surface area contributed by atoms with Crippen LogP contribution in [0.2, 0.25) is 5.15 Å². The predicted molar refractivity (Wildman–Crippen MR) is 72.7 cm³/mol. The van der Waals surface area contributed by atoms with E-state index in [4.69, 9.17) is 26.2 Å². The highest BCUT2D eigenvalue weighted by Gasteiger charge is 2.38. The average Bonchev–Trinajstić information content (AvgIpc) is 2.80. The number of carboxylic acid groups (broad SMARTS) is 1. The molecule has 0 atom stereocenters. The number of carboxylic acids is 1. The Morgan fingerprint density at radius 1 is 1.45 bits per heavy atom. The molecule has 0 radical (unpaired) electrons. The summed E-state index contributed by atoms with van der Waals surface area (Å²) < 4.78 is 38.6. The average molecular weight is 340 g/mol. The molecule has 2 heterocycles. The predicted octanol–water partition coefficient (Wildman–Crippen LogP) is 2.75. The van der Waals surface area contributed by atoms with Crippen LogP contribution >= 0.6 is 11.6 Å². The lowest BCUT2D eigenvalue weighted by molar-refractivity contribution is -0.192. The fourth-order valence-electron chi connectivity index (χ4n) is 1.41. The van der Waals surface area contributed by atoms with E-state index >= 15 is 0 Å². The Morgan fingerprint density at radius 3 is 2.64 bits per heavy atom. The molecule has 0 saturated carbocycles. The Kier molecular flexibility index (Phi) is 6.57. The summed E-state index contributed by atoms with van der Waals surface area (Å²) in [6.45, 7) is 1.58. The highest BCUT2D eigenvalue weighted by molar-refractivity contribution is 6.29. The lowest BCUT2D eigenvalue weighted by atomic mass is 10.4. The maximum Gasteiger partial charge on any atom is 0.490 e. The van der Waals surface area contributed by atoms with Crippen LogP contribution in [0.5, 0.6) is 0 Å². The number of fused-ring (bicyclic) bond motifs is 1. The number of aromatic nitrogens is 3. The lowest BCUT2D eigenvalue weighted by Crippen LogP contribution is -2.21. The summed E-state index contributed by atoms with van der Waals surface area (Å²) >= 11 is 5.77. The molecular weight excluding hydrogens is 327 g/mol. The number of hydrogen-bond donors (Lipinski definition) is 1. The number of rotatable bonds is 4. The third-order valence-electron chi connectivity index (χ3n) is 2.36. The first kappa shape index (κ1) is 18.2. The number of alkyl halides is 3. The Balaban J connectivity index is 0.000000295. The molecule has 0 aliphatic rings. The second-order valence-electron chi connectivity index (χ2n) is 4.09. The SMILES string of the molecule is COCCCn1cc2ccc(Cl)nc2n1.O=C(O)C(F)(F)F. The van der Waals surface area contributed by atoms with Gasteiger partial charge in [-0.2, -0.15) is 18.3 Å². The third kappa shape index (κ3) is 5.86. The van der Waals surface area contributed by atoms with Crippen LogP contribution < -0.4 is 0 Å². The zero-order valence-electron chi connectivity index (χ0n) is 11.5. The van der Waals surface area contributed by atoms with E-state index in [2.05, 4.69) is 10.1 Å². The van der Waals surface area contributed by atoms with Gasteiger partial charge in [0.1, 0.15) is 5.15 Å². The van der Waals surface area contributed by atoms with Crippen LogP contribution in [0.1, 0.15) is 6.42 Å². The second-order valence-corrected chi connectivity index (χ2v) is 4.48. The molecule has 0 spiro atoms. The first-order valence-electron chi connectivity index (χ1n) is 6.03. The molecule has 2 rings (SSSR count). The smallest absolute Gasteiger partial charge is 0.475 e. The summed E-state index contributed by atoms with van der Waals surface area (Å²) in [7, 11) is 1.70. The number of aryl methyl sites for hydroxylation is 1. The summed E-state index contributed by atoms with van der Waals surface area (Å²) in [5.41, 5.74) is 0.694. The van der Waals surface area contributed by atoms with Gasteiger partial charge in [0.15, 0.2) is 5.65 Å². The van der Waals surface area contributed by atoms with Crippen molar-refractivity contribution in [3.05, 3.63) is 23.5 Å². The standard InChI is InChI=1S/C10H12ClN3O.C2HF3O2/c1-15-6-2-5-14-7-8-3-4-9(11)12-10(8)13-14;3-2(4,5)1(6)7/h3-4,7H,2,5-6H2,1H3;(H,6,7). The van der Waals surface area contributed by atoms with Gasteiger partial charge in [-0.05, 0) is 18.6 Å². The maximum absolute atomic E-state index is 10.6. The molecule has 0 aromatic carbocycles. The summed E-state index contributed by atoms with van der Waals surface area (Å²) in [5, 5.41) is 12.9. The van der Waals surface area contributed by atoms with Crippen LogP contribution in [0.3, 0.4) is 0 Å². The molecule has 10 heteroatoms. The van der Waals surface area contributed by atoms with Crippen molar-refractivity contribution in [1.29, 1.82) is 0 Å². The Labute approximate surface area is 128 Å². The van der Waals surface area contributed by atoms with Gasteiger partial charge in [0, 0.05) is 31.8 Å². The number of hydrogen-bond acceptors (Lipinski definition) is 4. The molecule has 122 valence electrons. The fraction of sp³-hybridized carbons (Fsp3) is 0.417. The summed E-state index contributed by atoms with van der Waals surface area (Å²) in [5.74, 6) is -2.76. The molecular formula is C12H13ClF3N3O3. The first-order chi connectivity index (χ1) is 10.2. The number of aliphatic carboxylic acids is 1. The highest BCUT2D eigenvalue weighted by Crippen LogP contribution is 2.14. The molecule has 0 saturated heterocycles. The normalized spacial score (nSPS) is 11.1. The van der Waals surface area contributed by atoms with Gasteiger partial charge in [0.25, 0.3) is 0 Å². The van der Waals surface area contributed by atoms with E-state index in [1.807, 2.05) is 16.9 Å². The minimum atomic E-state index is -5.08. The van der Waals surface area contributed by atoms with Gasteiger partial charge in [0.2, 0.25) is 0 Å². The molecule has 0 aliphatic carbocycles. The maximum atomic E-state index is 10.6.